The largest absolute Gasteiger partial charge is 0.481 e. The van der Waals surface area contributed by atoms with Crippen molar-refractivity contribution in [2.24, 2.45) is 0 Å². The second-order valence-electron chi connectivity index (χ2n) is 5.63. The number of hydrogen-bond acceptors (Lipinski definition) is 6. The molecule has 0 bridgehead atoms. The third-order valence-corrected chi connectivity index (χ3v) is 4.06. The number of nitrogens with zero attached hydrogens (tertiary/aromatic N) is 6. The lowest BCUT2D eigenvalue weighted by molar-refractivity contribution is 0.378. The first kappa shape index (κ1) is 14.7. The summed E-state index contributed by atoms with van der Waals surface area (Å²) in [7, 11) is 1.63. The molecule has 2 aromatic heterocycles. The fourth-order valence-corrected chi connectivity index (χ4v) is 2.97. The molecule has 1 aliphatic rings. The zero-order chi connectivity index (χ0) is 15.5. The topological polar surface area (TPSA) is 69.0 Å². The number of rotatable bonds is 4. The van der Waals surface area contributed by atoms with E-state index in [9.17, 15) is 0 Å². The summed E-state index contributed by atoms with van der Waals surface area (Å²) in [6.45, 7) is 5.69. The quantitative estimate of drug-likeness (QED) is 0.857. The molecule has 1 saturated heterocycles. The third-order valence-electron chi connectivity index (χ3n) is 4.06. The molecule has 1 unspecified atom stereocenters. The van der Waals surface area contributed by atoms with Crippen LogP contribution >= 0.6 is 0 Å². The number of methoxy groups -OCH3 is 1. The average Bonchev–Trinajstić information content (AvgIpc) is 2.85. The number of aromatic nitrogens is 5. The monoisotopic (exact) mass is 302 g/mol. The minimum atomic E-state index is 0.334. The van der Waals surface area contributed by atoms with Gasteiger partial charge in [-0.2, -0.15) is 10.1 Å². The van der Waals surface area contributed by atoms with Crippen molar-refractivity contribution in [1.29, 1.82) is 0 Å². The predicted octanol–water partition coefficient (Wildman–Crippen LogP) is 1.75. The Morgan fingerprint density at radius 2 is 2.14 bits per heavy atom. The van der Waals surface area contributed by atoms with Crippen LogP contribution in [0.15, 0.2) is 12.3 Å². The summed E-state index contributed by atoms with van der Waals surface area (Å²) >= 11 is 0. The molecule has 0 amide bonds. The minimum Gasteiger partial charge on any atom is -0.481 e. The highest BCUT2D eigenvalue weighted by molar-refractivity contribution is 5.34. The van der Waals surface area contributed by atoms with Crippen LogP contribution in [0.3, 0.4) is 0 Å². The lowest BCUT2D eigenvalue weighted by atomic mass is 10.0. The van der Waals surface area contributed by atoms with Crippen molar-refractivity contribution in [1.82, 2.24) is 24.7 Å². The maximum Gasteiger partial charge on any atom is 0.228 e. The van der Waals surface area contributed by atoms with Gasteiger partial charge in [0.25, 0.3) is 0 Å². The van der Waals surface area contributed by atoms with Gasteiger partial charge in [0.2, 0.25) is 11.8 Å². The van der Waals surface area contributed by atoms with Crippen molar-refractivity contribution < 1.29 is 4.74 Å². The van der Waals surface area contributed by atoms with Crippen LogP contribution in [0.1, 0.15) is 30.9 Å². The molecule has 0 aromatic carbocycles. The fraction of sp³-hybridized carbons (Fsp3) is 0.600. The Labute approximate surface area is 130 Å². The number of hydrogen-bond donors (Lipinski definition) is 0. The van der Waals surface area contributed by atoms with Gasteiger partial charge in [0, 0.05) is 18.8 Å². The molecule has 1 fully saturated rings. The van der Waals surface area contributed by atoms with Crippen LogP contribution in [0.4, 0.5) is 5.95 Å². The van der Waals surface area contributed by atoms with Gasteiger partial charge in [0.15, 0.2) is 0 Å². The molecular weight excluding hydrogens is 280 g/mol. The van der Waals surface area contributed by atoms with E-state index in [4.69, 9.17) is 4.74 Å². The Morgan fingerprint density at radius 1 is 1.27 bits per heavy atom. The van der Waals surface area contributed by atoms with Crippen LogP contribution in [-0.4, -0.2) is 44.4 Å². The Bertz CT molecular complexity index is 641. The van der Waals surface area contributed by atoms with E-state index in [0.29, 0.717) is 11.9 Å². The molecule has 3 heterocycles. The number of aryl methyl sites for hydroxylation is 2. The molecule has 0 radical (unpaired) electrons. The molecule has 0 aliphatic carbocycles. The highest BCUT2D eigenvalue weighted by Gasteiger charge is 2.26. The van der Waals surface area contributed by atoms with Crippen molar-refractivity contribution in [2.75, 3.05) is 18.6 Å². The van der Waals surface area contributed by atoms with Crippen LogP contribution in [0, 0.1) is 13.8 Å². The van der Waals surface area contributed by atoms with Crippen molar-refractivity contribution >= 4 is 5.95 Å². The van der Waals surface area contributed by atoms with E-state index in [1.54, 1.807) is 19.4 Å². The Morgan fingerprint density at radius 3 is 2.86 bits per heavy atom. The normalized spacial score (nSPS) is 18.5. The van der Waals surface area contributed by atoms with E-state index < -0.39 is 0 Å². The number of ether oxygens (including phenoxy) is 1. The number of piperidine rings is 1. The average molecular weight is 302 g/mol. The Balaban J connectivity index is 1.83. The molecule has 7 heteroatoms. The zero-order valence-corrected chi connectivity index (χ0v) is 13.4. The summed E-state index contributed by atoms with van der Waals surface area (Å²) < 4.78 is 7.20. The molecule has 118 valence electrons. The van der Waals surface area contributed by atoms with Gasteiger partial charge >= 0.3 is 0 Å². The highest BCUT2D eigenvalue weighted by atomic mass is 16.5. The molecule has 0 saturated carbocycles. The predicted molar refractivity (Wildman–Crippen MR) is 83.1 cm³/mol. The summed E-state index contributed by atoms with van der Waals surface area (Å²) in [6, 6.07) is 2.11. The minimum absolute atomic E-state index is 0.334. The van der Waals surface area contributed by atoms with Crippen molar-refractivity contribution in [2.45, 2.75) is 45.7 Å². The second kappa shape index (κ2) is 6.29. The van der Waals surface area contributed by atoms with Crippen molar-refractivity contribution in [3.8, 4) is 5.88 Å². The van der Waals surface area contributed by atoms with Crippen LogP contribution in [0.5, 0.6) is 5.88 Å². The molecule has 22 heavy (non-hydrogen) atoms. The summed E-state index contributed by atoms with van der Waals surface area (Å²) in [5.41, 5.74) is 0. The SMILES string of the molecule is COc1ccnc(N2CCCCC2Cn2nc(C)nc2C)n1. The number of anilines is 1. The van der Waals surface area contributed by atoms with E-state index >= 15 is 0 Å². The van der Waals surface area contributed by atoms with E-state index in [2.05, 4.69) is 25.0 Å². The van der Waals surface area contributed by atoms with Crippen molar-refractivity contribution in [3.63, 3.8) is 0 Å². The molecule has 1 atom stereocenters. The highest BCUT2D eigenvalue weighted by Crippen LogP contribution is 2.24. The van der Waals surface area contributed by atoms with Gasteiger partial charge in [-0.3, -0.25) is 0 Å². The van der Waals surface area contributed by atoms with Gasteiger partial charge < -0.3 is 9.64 Å². The van der Waals surface area contributed by atoms with Gasteiger partial charge in [-0.05, 0) is 33.1 Å². The van der Waals surface area contributed by atoms with Gasteiger partial charge in [-0.15, -0.1) is 0 Å². The third kappa shape index (κ3) is 3.03. The van der Waals surface area contributed by atoms with E-state index in [-0.39, 0.29) is 0 Å². The fourth-order valence-electron chi connectivity index (χ4n) is 2.97. The smallest absolute Gasteiger partial charge is 0.228 e. The summed E-state index contributed by atoms with van der Waals surface area (Å²) in [5, 5.41) is 4.48. The van der Waals surface area contributed by atoms with Crippen LogP contribution < -0.4 is 9.64 Å². The Hall–Kier alpha value is -2.18. The molecule has 7 nitrogen and oxygen atoms in total. The van der Waals surface area contributed by atoms with Crippen LogP contribution in [-0.2, 0) is 6.54 Å². The first-order chi connectivity index (χ1) is 10.7. The van der Waals surface area contributed by atoms with Gasteiger partial charge in [-0.1, -0.05) is 0 Å². The Kier molecular flexibility index (Phi) is 4.22. The maximum absolute atomic E-state index is 5.22. The van der Waals surface area contributed by atoms with Gasteiger partial charge in [0.1, 0.15) is 11.6 Å². The molecule has 3 rings (SSSR count). The molecule has 0 spiro atoms. The summed E-state index contributed by atoms with van der Waals surface area (Å²) in [6.07, 6.45) is 5.24. The maximum atomic E-state index is 5.22. The van der Waals surface area contributed by atoms with Crippen LogP contribution in [0.2, 0.25) is 0 Å². The second-order valence-corrected chi connectivity index (χ2v) is 5.63. The lowest BCUT2D eigenvalue weighted by Gasteiger charge is -2.35. The summed E-state index contributed by atoms with van der Waals surface area (Å²) in [5.74, 6) is 3.10. The molecule has 2 aromatic rings. The first-order valence-corrected chi connectivity index (χ1v) is 7.69. The van der Waals surface area contributed by atoms with Gasteiger partial charge in [0.05, 0.1) is 19.7 Å². The van der Waals surface area contributed by atoms with Crippen LogP contribution in [0.25, 0.3) is 0 Å². The molecular formula is C15H22N6O. The van der Waals surface area contributed by atoms with E-state index in [0.717, 1.165) is 43.5 Å². The van der Waals surface area contributed by atoms with Crippen molar-refractivity contribution in [3.05, 3.63) is 23.9 Å². The first-order valence-electron chi connectivity index (χ1n) is 7.69. The van der Waals surface area contributed by atoms with Gasteiger partial charge in [-0.25, -0.2) is 14.6 Å². The lowest BCUT2D eigenvalue weighted by Crippen LogP contribution is -2.43. The molecule has 1 aliphatic heterocycles. The van der Waals surface area contributed by atoms with E-state index in [1.807, 2.05) is 18.5 Å². The summed E-state index contributed by atoms with van der Waals surface area (Å²) in [4.78, 5) is 15.6. The standard InChI is InChI=1S/C15H22N6O/c1-11-17-12(2)21(19-11)10-13-6-4-5-9-20(13)15-16-8-7-14(18-15)22-3/h7-8,13H,4-6,9-10H2,1-3H3. The van der Waals surface area contributed by atoms with E-state index in [1.165, 1.54) is 6.42 Å². The molecule has 0 N–H and O–H groups in total. The zero-order valence-electron chi connectivity index (χ0n) is 13.4.